The molecule has 0 fully saturated rings. The maximum absolute atomic E-state index is 11.7. The summed E-state index contributed by atoms with van der Waals surface area (Å²) in [7, 11) is 1.62. The van der Waals surface area contributed by atoms with Gasteiger partial charge in [0.1, 0.15) is 5.75 Å². The normalized spacial score (nSPS) is 14.3. The fourth-order valence-corrected chi connectivity index (χ4v) is 4.47. The van der Waals surface area contributed by atoms with Crippen LogP contribution >= 0.6 is 0 Å². The molecule has 9 nitrogen and oxygen atoms in total. The molecule has 1 unspecified atom stereocenters. The second-order valence-corrected chi connectivity index (χ2v) is 9.54. The van der Waals surface area contributed by atoms with E-state index in [-0.39, 0.29) is 13.0 Å². The third kappa shape index (κ3) is 8.41. The van der Waals surface area contributed by atoms with Crippen LogP contribution in [0.5, 0.6) is 23.0 Å². The molecule has 1 aliphatic heterocycles. The molecule has 0 radical (unpaired) electrons. The van der Waals surface area contributed by atoms with E-state index in [9.17, 15) is 14.7 Å². The van der Waals surface area contributed by atoms with Crippen molar-refractivity contribution in [2.24, 2.45) is 0 Å². The zero-order valence-corrected chi connectivity index (χ0v) is 23.0. The van der Waals surface area contributed by atoms with Gasteiger partial charge in [0.05, 0.1) is 32.6 Å². The lowest BCUT2D eigenvalue weighted by atomic mass is 10.1. The van der Waals surface area contributed by atoms with Crippen molar-refractivity contribution in [3.8, 4) is 23.0 Å². The lowest BCUT2D eigenvalue weighted by Crippen LogP contribution is -2.45. The molecule has 4 rings (SSSR count). The molecule has 0 bridgehead atoms. The van der Waals surface area contributed by atoms with E-state index in [1.54, 1.807) is 7.11 Å². The van der Waals surface area contributed by atoms with Gasteiger partial charge in [-0.25, -0.2) is 4.79 Å². The van der Waals surface area contributed by atoms with Gasteiger partial charge in [-0.1, -0.05) is 48.6 Å². The first-order chi connectivity index (χ1) is 19.9. The number of aliphatic carboxylic acids is 2. The molecule has 1 heterocycles. The topological polar surface area (TPSA) is 115 Å². The van der Waals surface area contributed by atoms with Crippen molar-refractivity contribution in [3.05, 3.63) is 77.9 Å². The molecule has 0 saturated heterocycles. The summed E-state index contributed by atoms with van der Waals surface area (Å²) in [5.74, 6) is 0.768. The van der Waals surface area contributed by atoms with Crippen molar-refractivity contribution >= 4 is 29.8 Å². The highest BCUT2D eigenvalue weighted by Gasteiger charge is 2.31. The van der Waals surface area contributed by atoms with Gasteiger partial charge < -0.3 is 34.1 Å². The zero-order chi connectivity index (χ0) is 29.0. The smallest absolute Gasteiger partial charge is 0.346 e. The number of hydrogen-bond donors (Lipinski definition) is 2. The average Bonchev–Trinajstić information content (AvgIpc) is 2.98. The Kier molecular flexibility index (Phi) is 10.5. The van der Waals surface area contributed by atoms with E-state index in [0.29, 0.717) is 31.9 Å². The van der Waals surface area contributed by atoms with Crippen molar-refractivity contribution in [3.63, 3.8) is 0 Å². The summed E-state index contributed by atoms with van der Waals surface area (Å²) >= 11 is 0. The van der Waals surface area contributed by atoms with Crippen molar-refractivity contribution in [1.29, 1.82) is 0 Å². The number of benzene rings is 3. The Hall–Kier alpha value is -4.66. The predicted octanol–water partition coefficient (Wildman–Crippen LogP) is 5.62. The highest BCUT2D eigenvalue weighted by atomic mass is 16.5. The fourth-order valence-electron chi connectivity index (χ4n) is 4.47. The molecule has 2 N–H and O–H groups in total. The number of unbranched alkanes of at least 4 members (excludes halogenated alkanes) is 1. The largest absolute Gasteiger partial charge is 0.494 e. The lowest BCUT2D eigenvalue weighted by molar-refractivity contribution is -0.145. The minimum Gasteiger partial charge on any atom is -0.494 e. The molecule has 0 aliphatic carbocycles. The van der Waals surface area contributed by atoms with Crippen LogP contribution < -0.4 is 23.8 Å². The Balaban J connectivity index is 1.30. The minimum atomic E-state index is -1.06. The van der Waals surface area contributed by atoms with E-state index >= 15 is 0 Å². The van der Waals surface area contributed by atoms with E-state index in [0.717, 1.165) is 46.9 Å². The molecule has 1 aliphatic rings. The molecular formula is C32H35NO8. The first-order valence-corrected chi connectivity index (χ1v) is 13.6. The summed E-state index contributed by atoms with van der Waals surface area (Å²) in [4.78, 5) is 24.6. The van der Waals surface area contributed by atoms with Crippen LogP contribution in [0.3, 0.4) is 0 Å². The van der Waals surface area contributed by atoms with Crippen molar-refractivity contribution < 1.29 is 38.7 Å². The van der Waals surface area contributed by atoms with Gasteiger partial charge in [-0.3, -0.25) is 4.79 Å². The third-order valence-corrected chi connectivity index (χ3v) is 6.58. The van der Waals surface area contributed by atoms with Gasteiger partial charge in [0.2, 0.25) is 6.10 Å². The van der Waals surface area contributed by atoms with Gasteiger partial charge in [0, 0.05) is 18.5 Å². The Labute approximate surface area is 239 Å². The lowest BCUT2D eigenvalue weighted by Gasteiger charge is -2.35. The zero-order valence-electron chi connectivity index (χ0n) is 23.0. The summed E-state index contributed by atoms with van der Waals surface area (Å²) in [5.41, 5.74) is 2.45. The Bertz CT molecular complexity index is 1340. The maximum Gasteiger partial charge on any atom is 0.346 e. The maximum atomic E-state index is 11.7. The average molecular weight is 562 g/mol. The number of rotatable bonds is 15. The Morgan fingerprint density at radius 1 is 0.902 bits per heavy atom. The monoisotopic (exact) mass is 561 g/mol. The van der Waals surface area contributed by atoms with Gasteiger partial charge in [-0.05, 0) is 55.2 Å². The molecule has 216 valence electrons. The van der Waals surface area contributed by atoms with Crippen LogP contribution in [-0.2, 0) is 9.59 Å². The van der Waals surface area contributed by atoms with Crippen molar-refractivity contribution in [1.82, 2.24) is 0 Å². The van der Waals surface area contributed by atoms with E-state index in [2.05, 4.69) is 0 Å². The summed E-state index contributed by atoms with van der Waals surface area (Å²) < 4.78 is 22.8. The number of ether oxygens (including phenoxy) is 4. The predicted molar refractivity (Wildman–Crippen MR) is 156 cm³/mol. The molecule has 9 heteroatoms. The number of carboxylic acids is 2. The van der Waals surface area contributed by atoms with E-state index in [4.69, 9.17) is 24.1 Å². The highest BCUT2D eigenvalue weighted by molar-refractivity contribution is 5.81. The first kappa shape index (κ1) is 29.3. The highest BCUT2D eigenvalue weighted by Crippen LogP contribution is 2.38. The summed E-state index contributed by atoms with van der Waals surface area (Å²) in [5, 5.41) is 18.6. The number of methoxy groups -OCH3 is 1. The van der Waals surface area contributed by atoms with Crippen molar-refractivity contribution in [2.45, 2.75) is 31.8 Å². The van der Waals surface area contributed by atoms with Crippen LogP contribution in [0.15, 0.2) is 66.7 Å². The number of anilines is 1. The molecule has 3 aromatic carbocycles. The van der Waals surface area contributed by atoms with E-state index < -0.39 is 18.0 Å². The minimum absolute atomic E-state index is 0.0159. The number of carboxylic acid groups (broad SMARTS) is 2. The van der Waals surface area contributed by atoms with E-state index in [1.807, 2.05) is 83.8 Å². The fraction of sp³-hybridized carbons (Fsp3) is 0.312. The van der Waals surface area contributed by atoms with Gasteiger partial charge in [0.15, 0.2) is 17.2 Å². The SMILES string of the molecule is COc1ccccc1OCCCCOc1ccc(C=Cc2cccc3c2OC(C(=O)O)CN3CCCC(=O)O)cc1. The summed E-state index contributed by atoms with van der Waals surface area (Å²) in [6.45, 7) is 1.74. The molecule has 0 aromatic heterocycles. The van der Waals surface area contributed by atoms with E-state index in [1.165, 1.54) is 0 Å². The summed E-state index contributed by atoms with van der Waals surface area (Å²) in [6.07, 6.45) is 4.90. The second-order valence-electron chi connectivity index (χ2n) is 9.54. The number of hydrogen-bond acceptors (Lipinski definition) is 7. The molecule has 0 saturated carbocycles. The summed E-state index contributed by atoms with van der Waals surface area (Å²) in [6, 6.07) is 20.9. The van der Waals surface area contributed by atoms with Crippen molar-refractivity contribution in [2.75, 3.05) is 38.3 Å². The van der Waals surface area contributed by atoms with Crippen LogP contribution in [0.2, 0.25) is 0 Å². The standard InChI is InChI=1S/C32H35NO8/c1-38-27-10-2-3-11-28(27)40-21-5-4-20-39-25-17-14-23(15-18-25)13-16-24-8-6-9-26-31(24)41-29(32(36)37)22-33(26)19-7-12-30(34)35/h2-3,6,8-11,13-18,29H,4-5,7,12,19-22H2,1H3,(H,34,35)(H,36,37). The number of nitrogens with zero attached hydrogens (tertiary/aromatic N) is 1. The number of carbonyl (C=O) groups is 2. The van der Waals surface area contributed by atoms with Crippen LogP contribution in [0.1, 0.15) is 36.8 Å². The quantitative estimate of drug-likeness (QED) is 0.180. The molecule has 0 spiro atoms. The Morgan fingerprint density at radius 2 is 1.63 bits per heavy atom. The first-order valence-electron chi connectivity index (χ1n) is 13.6. The molecule has 1 atom stereocenters. The van der Waals surface area contributed by atoms with Gasteiger partial charge in [-0.2, -0.15) is 0 Å². The van der Waals surface area contributed by atoms with Gasteiger partial charge in [-0.15, -0.1) is 0 Å². The van der Waals surface area contributed by atoms with Crippen LogP contribution in [0.25, 0.3) is 12.2 Å². The third-order valence-electron chi connectivity index (χ3n) is 6.58. The molecule has 3 aromatic rings. The second kappa shape index (κ2) is 14.6. The van der Waals surface area contributed by atoms with Gasteiger partial charge in [0.25, 0.3) is 0 Å². The molecule has 0 amide bonds. The number of para-hydroxylation sites is 3. The van der Waals surface area contributed by atoms with Crippen LogP contribution in [-0.4, -0.2) is 61.7 Å². The van der Waals surface area contributed by atoms with Crippen LogP contribution in [0, 0.1) is 0 Å². The Morgan fingerprint density at radius 3 is 2.34 bits per heavy atom. The molecular weight excluding hydrogens is 526 g/mol. The van der Waals surface area contributed by atoms with Crippen LogP contribution in [0.4, 0.5) is 5.69 Å². The molecule has 41 heavy (non-hydrogen) atoms. The number of fused-ring (bicyclic) bond motifs is 1. The van der Waals surface area contributed by atoms with Gasteiger partial charge >= 0.3 is 11.9 Å².